The molecule has 1 heterocycles. The Morgan fingerprint density at radius 3 is 3.00 bits per heavy atom. The van der Waals surface area contributed by atoms with Crippen LogP contribution in [0.1, 0.15) is 30.3 Å². The summed E-state index contributed by atoms with van der Waals surface area (Å²) in [5.41, 5.74) is 9.85. The van der Waals surface area contributed by atoms with Crippen molar-refractivity contribution in [2.75, 3.05) is 6.54 Å². The number of aryl methyl sites for hydroxylation is 2. The Morgan fingerprint density at radius 2 is 2.36 bits per heavy atom. The highest BCUT2D eigenvalue weighted by Gasteiger charge is 2.23. The van der Waals surface area contributed by atoms with Gasteiger partial charge in [-0.2, -0.15) is 5.10 Å². The lowest BCUT2D eigenvalue weighted by molar-refractivity contribution is 0.452. The maximum Gasteiger partial charge on any atom is 0.0628 e. The number of nitrogens with two attached hydrogens (primary N) is 1. The van der Waals surface area contributed by atoms with E-state index in [2.05, 4.69) is 23.6 Å². The third-order valence-corrected chi connectivity index (χ3v) is 3.28. The van der Waals surface area contributed by atoms with E-state index < -0.39 is 0 Å². The number of fused-ring (bicyclic) bond motifs is 1. The third kappa shape index (κ3) is 1.46. The number of aromatic nitrogens is 2. The normalized spacial score (nSPS) is 20.9. The molecule has 0 aliphatic heterocycles. The maximum absolute atomic E-state index is 5.72. The molecule has 14 heavy (non-hydrogen) atoms. The third-order valence-electron chi connectivity index (χ3n) is 3.28. The fraction of sp³-hybridized carbons (Fsp3) is 0.727. The average Bonchev–Trinajstić information content (AvgIpc) is 2.55. The molecule has 0 amide bonds. The largest absolute Gasteiger partial charge is 0.330 e. The van der Waals surface area contributed by atoms with E-state index in [1.807, 2.05) is 0 Å². The molecule has 0 fully saturated rings. The van der Waals surface area contributed by atoms with Crippen molar-refractivity contribution in [3.8, 4) is 0 Å². The van der Waals surface area contributed by atoms with Crippen molar-refractivity contribution in [2.24, 2.45) is 11.7 Å². The minimum absolute atomic E-state index is 0.677. The van der Waals surface area contributed by atoms with Gasteiger partial charge < -0.3 is 5.73 Å². The van der Waals surface area contributed by atoms with E-state index in [9.17, 15) is 0 Å². The zero-order chi connectivity index (χ0) is 10.1. The van der Waals surface area contributed by atoms with E-state index in [1.54, 1.807) is 0 Å². The summed E-state index contributed by atoms with van der Waals surface area (Å²) in [7, 11) is 0. The number of hydrogen-bond donors (Lipinski definition) is 1. The quantitative estimate of drug-likeness (QED) is 0.769. The van der Waals surface area contributed by atoms with E-state index in [0.717, 1.165) is 25.9 Å². The summed E-state index contributed by atoms with van der Waals surface area (Å²) in [6, 6.07) is 0. The molecule has 0 saturated heterocycles. The smallest absolute Gasteiger partial charge is 0.0628 e. The molecule has 0 spiro atoms. The molecule has 3 heteroatoms. The van der Waals surface area contributed by atoms with E-state index >= 15 is 0 Å². The highest BCUT2D eigenvalue weighted by Crippen LogP contribution is 2.27. The summed E-state index contributed by atoms with van der Waals surface area (Å²) in [6.45, 7) is 6.07. The minimum Gasteiger partial charge on any atom is -0.330 e. The van der Waals surface area contributed by atoms with Crippen molar-refractivity contribution in [1.29, 1.82) is 0 Å². The fourth-order valence-corrected chi connectivity index (χ4v) is 2.41. The molecule has 1 aliphatic rings. The second kappa shape index (κ2) is 3.73. The molecular formula is C11H19N3. The van der Waals surface area contributed by atoms with Crippen LogP contribution in [-0.4, -0.2) is 16.3 Å². The van der Waals surface area contributed by atoms with Gasteiger partial charge in [-0.25, -0.2) is 0 Å². The topological polar surface area (TPSA) is 43.8 Å². The van der Waals surface area contributed by atoms with Crippen molar-refractivity contribution in [1.82, 2.24) is 9.78 Å². The Bertz CT molecular complexity index is 328. The molecule has 1 atom stereocenters. The van der Waals surface area contributed by atoms with Gasteiger partial charge >= 0.3 is 0 Å². The lowest BCUT2D eigenvalue weighted by Gasteiger charge is -2.21. The monoisotopic (exact) mass is 193 g/mol. The van der Waals surface area contributed by atoms with Gasteiger partial charge in [0.25, 0.3) is 0 Å². The molecule has 0 aromatic carbocycles. The molecule has 2 rings (SSSR count). The van der Waals surface area contributed by atoms with Crippen LogP contribution in [0.5, 0.6) is 0 Å². The molecule has 1 aliphatic carbocycles. The fourth-order valence-electron chi connectivity index (χ4n) is 2.41. The van der Waals surface area contributed by atoms with Gasteiger partial charge in [0.1, 0.15) is 0 Å². The van der Waals surface area contributed by atoms with E-state index in [0.29, 0.717) is 5.92 Å². The Hall–Kier alpha value is -0.830. The molecule has 3 nitrogen and oxygen atoms in total. The number of hydrogen-bond acceptors (Lipinski definition) is 2. The van der Waals surface area contributed by atoms with Crippen molar-refractivity contribution in [2.45, 2.75) is 39.7 Å². The van der Waals surface area contributed by atoms with Crippen LogP contribution in [0, 0.1) is 12.8 Å². The first kappa shape index (κ1) is 9.71. The lowest BCUT2D eigenvalue weighted by Crippen LogP contribution is -2.23. The standard InChI is InChI=1S/C11H19N3/c1-3-14-11-5-4-9(7-12)6-10(11)8(2)13-14/h9H,3-7,12H2,1-2H3. The highest BCUT2D eigenvalue weighted by atomic mass is 15.3. The predicted octanol–water partition coefficient (Wildman–Crippen LogP) is 1.28. The molecule has 0 bridgehead atoms. The Morgan fingerprint density at radius 1 is 1.57 bits per heavy atom. The van der Waals surface area contributed by atoms with E-state index in [-0.39, 0.29) is 0 Å². The van der Waals surface area contributed by atoms with Crippen LogP contribution in [0.4, 0.5) is 0 Å². The van der Waals surface area contributed by atoms with Gasteiger partial charge in [0, 0.05) is 12.2 Å². The highest BCUT2D eigenvalue weighted by molar-refractivity contribution is 5.28. The summed E-state index contributed by atoms with van der Waals surface area (Å²) in [6.07, 6.45) is 3.53. The van der Waals surface area contributed by atoms with Crippen molar-refractivity contribution < 1.29 is 0 Å². The second-order valence-corrected chi connectivity index (χ2v) is 4.17. The Kier molecular flexibility index (Phi) is 2.59. The summed E-state index contributed by atoms with van der Waals surface area (Å²) < 4.78 is 2.15. The van der Waals surface area contributed by atoms with Gasteiger partial charge in [0.2, 0.25) is 0 Å². The lowest BCUT2D eigenvalue weighted by atomic mass is 9.86. The Balaban J connectivity index is 2.33. The first-order valence-electron chi connectivity index (χ1n) is 5.51. The minimum atomic E-state index is 0.677. The predicted molar refractivity (Wildman–Crippen MR) is 57.2 cm³/mol. The first-order valence-corrected chi connectivity index (χ1v) is 5.51. The van der Waals surface area contributed by atoms with Gasteiger partial charge in [-0.05, 0) is 51.1 Å². The van der Waals surface area contributed by atoms with Crippen LogP contribution in [0.3, 0.4) is 0 Å². The zero-order valence-electron chi connectivity index (χ0n) is 9.08. The Labute approximate surface area is 85.3 Å². The number of nitrogens with zero attached hydrogens (tertiary/aromatic N) is 2. The average molecular weight is 193 g/mol. The van der Waals surface area contributed by atoms with E-state index in [1.165, 1.54) is 23.4 Å². The van der Waals surface area contributed by atoms with Gasteiger partial charge in [0.05, 0.1) is 5.69 Å². The number of rotatable bonds is 2. The van der Waals surface area contributed by atoms with Crippen LogP contribution >= 0.6 is 0 Å². The van der Waals surface area contributed by atoms with Crippen LogP contribution < -0.4 is 5.73 Å². The summed E-state index contributed by atoms with van der Waals surface area (Å²) in [5.74, 6) is 0.677. The molecule has 0 saturated carbocycles. The molecule has 1 unspecified atom stereocenters. The van der Waals surface area contributed by atoms with Crippen molar-refractivity contribution in [3.63, 3.8) is 0 Å². The SMILES string of the molecule is CCn1nc(C)c2c1CCC(CN)C2. The van der Waals surface area contributed by atoms with Gasteiger partial charge in [-0.1, -0.05) is 0 Å². The van der Waals surface area contributed by atoms with Gasteiger partial charge in [-0.3, -0.25) is 4.68 Å². The summed E-state index contributed by atoms with van der Waals surface area (Å²) in [4.78, 5) is 0. The molecule has 78 valence electrons. The molecule has 0 radical (unpaired) electrons. The van der Waals surface area contributed by atoms with Gasteiger partial charge in [0.15, 0.2) is 0 Å². The van der Waals surface area contributed by atoms with Gasteiger partial charge in [-0.15, -0.1) is 0 Å². The van der Waals surface area contributed by atoms with Crippen LogP contribution in [-0.2, 0) is 19.4 Å². The summed E-state index contributed by atoms with van der Waals surface area (Å²) in [5, 5.41) is 4.56. The van der Waals surface area contributed by atoms with Crippen molar-refractivity contribution in [3.05, 3.63) is 17.0 Å². The molecule has 1 aromatic rings. The van der Waals surface area contributed by atoms with Crippen LogP contribution in [0.15, 0.2) is 0 Å². The maximum atomic E-state index is 5.72. The summed E-state index contributed by atoms with van der Waals surface area (Å²) >= 11 is 0. The first-order chi connectivity index (χ1) is 6.76. The molecule has 1 aromatic heterocycles. The van der Waals surface area contributed by atoms with Crippen LogP contribution in [0.25, 0.3) is 0 Å². The van der Waals surface area contributed by atoms with E-state index in [4.69, 9.17) is 5.73 Å². The van der Waals surface area contributed by atoms with Crippen LogP contribution in [0.2, 0.25) is 0 Å². The zero-order valence-corrected chi connectivity index (χ0v) is 9.08. The second-order valence-electron chi connectivity index (χ2n) is 4.17. The van der Waals surface area contributed by atoms with Crippen molar-refractivity contribution >= 4 is 0 Å². The molecular weight excluding hydrogens is 174 g/mol. The molecule has 2 N–H and O–H groups in total.